The zero-order valence-corrected chi connectivity index (χ0v) is 5.55. The number of rotatable bonds is 1. The first-order valence-corrected chi connectivity index (χ1v) is 3.03. The Morgan fingerprint density at radius 2 is 2.45 bits per heavy atom. The summed E-state index contributed by atoms with van der Waals surface area (Å²) in [5.41, 5.74) is 0.131. The van der Waals surface area contributed by atoms with E-state index in [9.17, 15) is 13.6 Å². The maximum absolute atomic E-state index is 12.4. The minimum Gasteiger partial charge on any atom is -0.239 e. The largest absolute Gasteiger partial charge is 0.240 e. The molecule has 0 saturated carbocycles. The van der Waals surface area contributed by atoms with Crippen LogP contribution in [0.5, 0.6) is 0 Å². The Morgan fingerprint density at radius 3 is 3.00 bits per heavy atom. The fourth-order valence-electron chi connectivity index (χ4n) is 0.758. The lowest BCUT2D eigenvalue weighted by molar-refractivity contribution is 0.324. The van der Waals surface area contributed by atoms with Gasteiger partial charge in [-0.1, -0.05) is 6.08 Å². The van der Waals surface area contributed by atoms with Crippen molar-refractivity contribution in [1.82, 2.24) is 0 Å². The second-order valence-corrected chi connectivity index (χ2v) is 2.06. The summed E-state index contributed by atoms with van der Waals surface area (Å²) in [7, 11) is 0. The number of allylic oxidation sites excluding steroid dienone is 3. The van der Waals surface area contributed by atoms with Crippen LogP contribution in [-0.2, 0) is 4.79 Å². The Hall–Kier alpha value is -1.28. The monoisotopic (exact) mass is 157 g/mol. The molecule has 0 N–H and O–H groups in total. The summed E-state index contributed by atoms with van der Waals surface area (Å²) in [6.07, 6.45) is 1.83. The molecule has 0 heterocycles. The van der Waals surface area contributed by atoms with Crippen molar-refractivity contribution in [1.29, 1.82) is 0 Å². The molecule has 1 unspecified atom stereocenters. The van der Waals surface area contributed by atoms with Crippen LogP contribution in [0.3, 0.4) is 0 Å². The van der Waals surface area contributed by atoms with Crippen LogP contribution < -0.4 is 0 Å². The smallest absolute Gasteiger partial charge is 0.239 e. The molecule has 0 amide bonds. The van der Waals surface area contributed by atoms with Crippen molar-refractivity contribution < 1.29 is 13.6 Å². The lowest BCUT2D eigenvalue weighted by Gasteiger charge is -2.06. The van der Waals surface area contributed by atoms with Crippen molar-refractivity contribution in [3.05, 3.63) is 23.7 Å². The summed E-state index contributed by atoms with van der Waals surface area (Å²) >= 11 is 0. The standard InChI is InChI=1S/C7H5F2NO/c8-6-2-1-5(10-4-11)3-7(6)9/h1,3,6H,2H2. The van der Waals surface area contributed by atoms with Gasteiger partial charge in [0.25, 0.3) is 0 Å². The first kappa shape index (κ1) is 7.82. The summed E-state index contributed by atoms with van der Waals surface area (Å²) in [5, 5.41) is 0. The van der Waals surface area contributed by atoms with Crippen LogP contribution in [0.2, 0.25) is 0 Å². The quantitative estimate of drug-likeness (QED) is 0.421. The van der Waals surface area contributed by atoms with Crippen LogP contribution in [-0.4, -0.2) is 12.3 Å². The van der Waals surface area contributed by atoms with Crippen molar-refractivity contribution >= 4 is 6.08 Å². The fraction of sp³-hybridized carbons (Fsp3) is 0.286. The normalized spacial score (nSPS) is 23.3. The number of halogens is 2. The van der Waals surface area contributed by atoms with Gasteiger partial charge in [0, 0.05) is 6.42 Å². The van der Waals surface area contributed by atoms with Crippen molar-refractivity contribution in [2.75, 3.05) is 0 Å². The zero-order chi connectivity index (χ0) is 8.27. The van der Waals surface area contributed by atoms with Gasteiger partial charge in [0.05, 0.1) is 5.70 Å². The molecule has 58 valence electrons. The summed E-state index contributed by atoms with van der Waals surface area (Å²) in [6, 6.07) is 0. The highest BCUT2D eigenvalue weighted by Gasteiger charge is 2.16. The number of hydrogen-bond acceptors (Lipinski definition) is 2. The second kappa shape index (κ2) is 3.21. The molecule has 0 spiro atoms. The van der Waals surface area contributed by atoms with E-state index in [1.54, 1.807) is 0 Å². The van der Waals surface area contributed by atoms with Crippen molar-refractivity contribution in [3.8, 4) is 0 Å². The second-order valence-electron chi connectivity index (χ2n) is 2.06. The summed E-state index contributed by atoms with van der Waals surface area (Å²) in [6.45, 7) is 0. The number of carbonyl (C=O) groups excluding carboxylic acids is 1. The molecule has 0 saturated heterocycles. The van der Waals surface area contributed by atoms with E-state index in [1.165, 1.54) is 12.2 Å². The van der Waals surface area contributed by atoms with Gasteiger partial charge in [-0.25, -0.2) is 13.6 Å². The summed E-state index contributed by atoms with van der Waals surface area (Å²) < 4.78 is 24.8. The van der Waals surface area contributed by atoms with Crippen LogP contribution >= 0.6 is 0 Å². The molecule has 1 atom stereocenters. The Labute approximate surface area is 61.9 Å². The average molecular weight is 157 g/mol. The molecular formula is C7H5F2NO. The molecule has 0 radical (unpaired) electrons. The van der Waals surface area contributed by atoms with Gasteiger partial charge in [0.2, 0.25) is 6.08 Å². The Kier molecular flexibility index (Phi) is 2.28. The highest BCUT2D eigenvalue weighted by Crippen LogP contribution is 2.21. The van der Waals surface area contributed by atoms with E-state index >= 15 is 0 Å². The van der Waals surface area contributed by atoms with Crippen LogP contribution in [0.25, 0.3) is 0 Å². The minimum atomic E-state index is -1.58. The van der Waals surface area contributed by atoms with Crippen LogP contribution in [0.4, 0.5) is 8.78 Å². The highest BCUT2D eigenvalue weighted by atomic mass is 19.2. The van der Waals surface area contributed by atoms with Crippen molar-refractivity contribution in [2.45, 2.75) is 12.6 Å². The maximum Gasteiger partial charge on any atom is 0.240 e. The maximum atomic E-state index is 12.4. The molecule has 0 bridgehead atoms. The van der Waals surface area contributed by atoms with Gasteiger partial charge in [-0.05, 0) is 6.08 Å². The molecule has 2 nitrogen and oxygen atoms in total. The number of nitrogens with zero attached hydrogens (tertiary/aromatic N) is 1. The van der Waals surface area contributed by atoms with E-state index in [2.05, 4.69) is 4.99 Å². The van der Waals surface area contributed by atoms with Crippen molar-refractivity contribution in [2.24, 2.45) is 4.99 Å². The number of isocyanates is 1. The zero-order valence-electron chi connectivity index (χ0n) is 5.55. The molecular weight excluding hydrogens is 152 g/mol. The van der Waals surface area contributed by atoms with E-state index < -0.39 is 12.0 Å². The van der Waals surface area contributed by atoms with Crippen LogP contribution in [0, 0.1) is 0 Å². The molecule has 0 aromatic carbocycles. The predicted octanol–water partition coefficient (Wildman–Crippen LogP) is 1.80. The highest BCUT2D eigenvalue weighted by molar-refractivity contribution is 5.41. The lowest BCUT2D eigenvalue weighted by Crippen LogP contribution is -2.03. The van der Waals surface area contributed by atoms with Gasteiger partial charge in [-0.2, -0.15) is 4.99 Å². The van der Waals surface area contributed by atoms with Crippen molar-refractivity contribution in [3.63, 3.8) is 0 Å². The third kappa shape index (κ3) is 1.82. The SMILES string of the molecule is O=C=NC1=CCC(F)C(F)=C1. The Bertz CT molecular complexity index is 264. The molecule has 1 aliphatic rings. The van der Waals surface area contributed by atoms with Gasteiger partial charge < -0.3 is 0 Å². The molecule has 0 aromatic heterocycles. The van der Waals surface area contributed by atoms with E-state index in [4.69, 9.17) is 0 Å². The Balaban J connectivity index is 2.82. The fourth-order valence-corrected chi connectivity index (χ4v) is 0.758. The topological polar surface area (TPSA) is 29.4 Å². The Morgan fingerprint density at radius 1 is 1.73 bits per heavy atom. The number of aliphatic imine (C=N–C) groups is 1. The minimum absolute atomic E-state index is 0.0666. The first-order chi connectivity index (χ1) is 5.24. The van der Waals surface area contributed by atoms with E-state index in [0.29, 0.717) is 0 Å². The van der Waals surface area contributed by atoms with Gasteiger partial charge in [-0.3, -0.25) is 0 Å². The van der Waals surface area contributed by atoms with Gasteiger partial charge in [-0.15, -0.1) is 0 Å². The molecule has 1 aliphatic carbocycles. The molecule has 11 heavy (non-hydrogen) atoms. The summed E-state index contributed by atoms with van der Waals surface area (Å²) in [5.74, 6) is -0.888. The third-order valence-corrected chi connectivity index (χ3v) is 1.29. The van der Waals surface area contributed by atoms with E-state index in [1.807, 2.05) is 0 Å². The molecule has 4 heteroatoms. The third-order valence-electron chi connectivity index (χ3n) is 1.29. The summed E-state index contributed by atoms with van der Waals surface area (Å²) in [4.78, 5) is 12.8. The van der Waals surface area contributed by atoms with E-state index in [0.717, 1.165) is 6.08 Å². The first-order valence-electron chi connectivity index (χ1n) is 3.03. The average Bonchev–Trinajstić information content (AvgIpc) is 1.98. The predicted molar refractivity (Wildman–Crippen MR) is 34.9 cm³/mol. The molecule has 0 aliphatic heterocycles. The van der Waals surface area contributed by atoms with E-state index in [-0.39, 0.29) is 12.1 Å². The van der Waals surface area contributed by atoms with Crippen LogP contribution in [0.15, 0.2) is 28.7 Å². The number of alkyl halides is 1. The van der Waals surface area contributed by atoms with Gasteiger partial charge in [0.1, 0.15) is 5.83 Å². The molecule has 0 aromatic rings. The van der Waals surface area contributed by atoms with Crippen LogP contribution in [0.1, 0.15) is 6.42 Å². The molecule has 1 rings (SSSR count). The molecule has 0 fully saturated rings. The van der Waals surface area contributed by atoms with Gasteiger partial charge in [0.15, 0.2) is 6.17 Å². The number of hydrogen-bond donors (Lipinski definition) is 0. The van der Waals surface area contributed by atoms with Gasteiger partial charge >= 0.3 is 0 Å². The lowest BCUT2D eigenvalue weighted by atomic mass is 10.1.